The van der Waals surface area contributed by atoms with Crippen LogP contribution in [0.25, 0.3) is 63.6 Å². The topological polar surface area (TPSA) is 44.1 Å². The second-order valence-electron chi connectivity index (χ2n) is 8.69. The van der Waals surface area contributed by atoms with Gasteiger partial charge in [0.05, 0.1) is 4.70 Å². The third-order valence-corrected chi connectivity index (χ3v) is 8.04. The molecule has 0 amide bonds. The minimum Gasteiger partial charge on any atom is -0.506 e. The van der Waals surface area contributed by atoms with Crippen LogP contribution in [0.3, 0.4) is 0 Å². The molecule has 2 nitrogen and oxygen atoms in total. The lowest BCUT2D eigenvalue weighted by Gasteiger charge is -2.12. The van der Waals surface area contributed by atoms with Gasteiger partial charge in [0.25, 0.3) is 0 Å². The van der Waals surface area contributed by atoms with E-state index in [0.717, 1.165) is 36.9 Å². The van der Waals surface area contributed by atoms with Crippen molar-refractivity contribution in [2.75, 3.05) is 0 Å². The molecular weight excluding hydrogens is 434 g/mol. The number of benzene rings is 6. The molecule has 0 aliphatic rings. The van der Waals surface area contributed by atoms with Crippen LogP contribution in [0.15, 0.2) is 97.1 Å². The van der Waals surface area contributed by atoms with E-state index in [9.17, 15) is 5.11 Å². The highest BCUT2D eigenvalue weighted by Gasteiger charge is 2.15. The summed E-state index contributed by atoms with van der Waals surface area (Å²) in [5.41, 5.74) is 2.91. The van der Waals surface area contributed by atoms with E-state index in [-0.39, 0.29) is 5.75 Å². The van der Waals surface area contributed by atoms with Gasteiger partial charge in [-0.2, -0.15) is 0 Å². The number of hydrogen-bond donors (Lipinski definition) is 2. The van der Waals surface area contributed by atoms with Crippen LogP contribution in [0.5, 0.6) is 5.75 Å². The fraction of sp³-hybridized carbons (Fsp3) is 0. The van der Waals surface area contributed by atoms with Crippen molar-refractivity contribution in [3.8, 4) is 16.9 Å². The summed E-state index contributed by atoms with van der Waals surface area (Å²) in [4.78, 5) is 0. The lowest BCUT2D eigenvalue weighted by molar-refractivity contribution is 0.483. The largest absolute Gasteiger partial charge is 0.506 e. The highest BCUT2D eigenvalue weighted by molar-refractivity contribution is 7.26. The van der Waals surface area contributed by atoms with Crippen molar-refractivity contribution in [2.45, 2.75) is 0 Å². The van der Waals surface area contributed by atoms with E-state index in [0.29, 0.717) is 0 Å². The molecule has 3 heteroatoms. The number of hydrogen-bond acceptors (Lipinski definition) is 3. The van der Waals surface area contributed by atoms with E-state index in [4.69, 9.17) is 5.41 Å². The zero-order valence-electron chi connectivity index (χ0n) is 18.2. The molecule has 1 aromatic heterocycles. The first kappa shape index (κ1) is 19.3. The van der Waals surface area contributed by atoms with Crippen LogP contribution in [-0.2, 0) is 0 Å². The zero-order chi connectivity index (χ0) is 22.8. The third kappa shape index (κ3) is 2.65. The van der Waals surface area contributed by atoms with Gasteiger partial charge in [-0.05, 0) is 67.7 Å². The monoisotopic (exact) mass is 453 g/mol. The maximum atomic E-state index is 11.0. The number of rotatable bonds is 2. The summed E-state index contributed by atoms with van der Waals surface area (Å²) < 4.78 is 1.95. The molecule has 1 heterocycles. The van der Waals surface area contributed by atoms with Crippen LogP contribution >= 0.6 is 11.3 Å². The number of fused-ring (bicyclic) bond motifs is 9. The minimum atomic E-state index is 0.285. The van der Waals surface area contributed by atoms with Gasteiger partial charge in [-0.1, -0.05) is 72.8 Å². The lowest BCUT2D eigenvalue weighted by Crippen LogP contribution is -1.85. The van der Waals surface area contributed by atoms with Crippen molar-refractivity contribution >= 4 is 70.0 Å². The quantitative estimate of drug-likeness (QED) is 0.199. The molecule has 0 aliphatic heterocycles. The maximum Gasteiger partial charge on any atom is 0.134 e. The van der Waals surface area contributed by atoms with Crippen LogP contribution in [0.1, 0.15) is 5.56 Å². The number of nitrogens with one attached hydrogen (secondary N) is 1. The molecule has 0 fully saturated rings. The molecule has 34 heavy (non-hydrogen) atoms. The highest BCUT2D eigenvalue weighted by Crippen LogP contribution is 2.44. The molecule has 7 aromatic rings. The van der Waals surface area contributed by atoms with Crippen LogP contribution in [0, 0.1) is 5.41 Å². The molecule has 0 bridgehead atoms. The smallest absolute Gasteiger partial charge is 0.134 e. The van der Waals surface area contributed by atoms with Gasteiger partial charge in [-0.25, -0.2) is 0 Å². The molecule has 2 N–H and O–H groups in total. The average molecular weight is 454 g/mol. The summed E-state index contributed by atoms with van der Waals surface area (Å²) in [6, 6.07) is 33.8. The standard InChI is InChI=1S/C31H19NOS/c32-17-19-6-5-11-29-30(19)27-15-20(16-28(33)31(27)34-29)18-12-13-25-23-9-2-1-7-21(23)22-8-3-4-10-24(22)26(25)14-18/h1-17,32-33H. The molecule has 0 spiro atoms. The molecule has 0 saturated heterocycles. The predicted octanol–water partition coefficient (Wildman–Crippen LogP) is 8.88. The van der Waals surface area contributed by atoms with Crippen molar-refractivity contribution < 1.29 is 5.11 Å². The summed E-state index contributed by atoms with van der Waals surface area (Å²) in [5.74, 6) is 0.285. The Kier molecular flexibility index (Phi) is 4.05. The van der Waals surface area contributed by atoms with Crippen LogP contribution in [0.2, 0.25) is 0 Å². The third-order valence-electron chi connectivity index (χ3n) is 6.84. The lowest BCUT2D eigenvalue weighted by atomic mass is 9.91. The summed E-state index contributed by atoms with van der Waals surface area (Å²) >= 11 is 1.57. The number of phenolic OH excluding ortho intramolecular Hbond substituents is 1. The first-order valence-electron chi connectivity index (χ1n) is 11.3. The fourth-order valence-electron chi connectivity index (χ4n) is 5.31. The molecule has 0 radical (unpaired) electrons. The van der Waals surface area contributed by atoms with Gasteiger partial charge in [-0.15, -0.1) is 11.3 Å². The van der Waals surface area contributed by atoms with E-state index in [1.165, 1.54) is 38.5 Å². The van der Waals surface area contributed by atoms with E-state index in [1.54, 1.807) is 11.3 Å². The molecule has 0 aliphatic carbocycles. The van der Waals surface area contributed by atoms with Crippen LogP contribution in [-0.4, -0.2) is 11.3 Å². The Morgan fingerprint density at radius 3 is 1.88 bits per heavy atom. The Morgan fingerprint density at radius 1 is 0.588 bits per heavy atom. The molecule has 7 rings (SSSR count). The first-order valence-corrected chi connectivity index (χ1v) is 12.1. The van der Waals surface area contributed by atoms with Crippen molar-refractivity contribution in [2.24, 2.45) is 0 Å². The molecular formula is C31H19NOS. The number of aromatic hydroxyl groups is 1. The Balaban J connectivity index is 1.56. The van der Waals surface area contributed by atoms with Gasteiger partial charge >= 0.3 is 0 Å². The van der Waals surface area contributed by atoms with Crippen molar-refractivity contribution in [1.29, 1.82) is 5.41 Å². The Morgan fingerprint density at radius 2 is 1.21 bits per heavy atom. The van der Waals surface area contributed by atoms with Crippen molar-refractivity contribution in [3.63, 3.8) is 0 Å². The van der Waals surface area contributed by atoms with Gasteiger partial charge in [0, 0.05) is 27.3 Å². The second kappa shape index (κ2) is 7.14. The minimum absolute atomic E-state index is 0.285. The number of phenols is 1. The molecule has 0 saturated carbocycles. The molecule has 160 valence electrons. The normalized spacial score (nSPS) is 11.8. The number of thiophene rings is 1. The Bertz CT molecular complexity index is 1910. The summed E-state index contributed by atoms with van der Waals surface area (Å²) in [5, 5.41) is 28.3. The van der Waals surface area contributed by atoms with E-state index in [1.807, 2.05) is 18.2 Å². The molecule has 0 unspecified atom stereocenters. The average Bonchev–Trinajstić information content (AvgIpc) is 3.28. The van der Waals surface area contributed by atoms with E-state index >= 15 is 0 Å². The van der Waals surface area contributed by atoms with Gasteiger partial charge in [-0.3, -0.25) is 0 Å². The SMILES string of the molecule is N=Cc1cccc2sc3c(O)cc(-c4ccc5c6ccccc6c6ccccc6c5c4)cc3c12. The van der Waals surface area contributed by atoms with Gasteiger partial charge < -0.3 is 10.5 Å². The highest BCUT2D eigenvalue weighted by atomic mass is 32.1. The van der Waals surface area contributed by atoms with Crippen molar-refractivity contribution in [1.82, 2.24) is 0 Å². The summed E-state index contributed by atoms with van der Waals surface area (Å²) in [6.07, 6.45) is 1.39. The van der Waals surface area contributed by atoms with Crippen LogP contribution in [0.4, 0.5) is 0 Å². The summed E-state index contributed by atoms with van der Waals surface area (Å²) in [6.45, 7) is 0. The summed E-state index contributed by atoms with van der Waals surface area (Å²) in [7, 11) is 0. The zero-order valence-corrected chi connectivity index (χ0v) is 19.0. The fourth-order valence-corrected chi connectivity index (χ4v) is 6.44. The second-order valence-corrected chi connectivity index (χ2v) is 9.74. The first-order chi connectivity index (χ1) is 16.7. The van der Waals surface area contributed by atoms with Gasteiger partial charge in [0.15, 0.2) is 0 Å². The van der Waals surface area contributed by atoms with Crippen molar-refractivity contribution in [3.05, 3.63) is 103 Å². The molecule has 0 atom stereocenters. The molecule has 6 aromatic carbocycles. The predicted molar refractivity (Wildman–Crippen MR) is 147 cm³/mol. The van der Waals surface area contributed by atoms with E-state index in [2.05, 4.69) is 78.9 Å². The van der Waals surface area contributed by atoms with Crippen LogP contribution < -0.4 is 0 Å². The Hall–Kier alpha value is -4.21. The maximum absolute atomic E-state index is 11.0. The van der Waals surface area contributed by atoms with E-state index < -0.39 is 0 Å². The Labute approximate surface area is 199 Å². The van der Waals surface area contributed by atoms with Gasteiger partial charge in [0.2, 0.25) is 0 Å². The van der Waals surface area contributed by atoms with Gasteiger partial charge in [0.1, 0.15) is 5.75 Å².